The number of benzene rings is 3. The number of thioether (sulfide) groups is 1. The first kappa shape index (κ1) is 21.7. The summed E-state index contributed by atoms with van der Waals surface area (Å²) in [5.41, 5.74) is 1.23. The predicted molar refractivity (Wildman–Crippen MR) is 126 cm³/mol. The summed E-state index contributed by atoms with van der Waals surface area (Å²) in [6, 6.07) is 23.0. The molecule has 0 bridgehead atoms. The maximum absolute atomic E-state index is 12.7. The molecule has 1 fully saturated rings. The fourth-order valence-electron chi connectivity index (χ4n) is 2.96. The first-order chi connectivity index (χ1) is 15.5. The lowest BCUT2D eigenvalue weighted by atomic mass is 10.2. The number of rotatable bonds is 6. The molecule has 1 N–H and O–H groups in total. The van der Waals surface area contributed by atoms with E-state index in [1.165, 1.54) is 0 Å². The molecular weight excluding hydrogens is 448 g/mol. The molecule has 1 heterocycles. The fraction of sp³-hybridized carbons (Fsp3) is 0.0417. The number of halogens is 1. The van der Waals surface area contributed by atoms with Gasteiger partial charge in [0.15, 0.2) is 0 Å². The Morgan fingerprint density at radius 2 is 1.69 bits per heavy atom. The minimum Gasteiger partial charge on any atom is -0.457 e. The topological polar surface area (TPSA) is 75.7 Å². The molecule has 1 saturated heterocycles. The summed E-state index contributed by atoms with van der Waals surface area (Å²) in [7, 11) is 0. The van der Waals surface area contributed by atoms with Gasteiger partial charge in [-0.2, -0.15) is 0 Å². The van der Waals surface area contributed by atoms with Gasteiger partial charge < -0.3 is 10.1 Å². The van der Waals surface area contributed by atoms with Crippen molar-refractivity contribution in [3.05, 3.63) is 94.4 Å². The van der Waals surface area contributed by atoms with E-state index in [0.29, 0.717) is 27.8 Å². The van der Waals surface area contributed by atoms with Gasteiger partial charge in [0.1, 0.15) is 18.0 Å². The lowest BCUT2D eigenvalue weighted by molar-refractivity contribution is -0.127. The van der Waals surface area contributed by atoms with Gasteiger partial charge in [0.25, 0.3) is 11.1 Å². The Morgan fingerprint density at radius 1 is 0.969 bits per heavy atom. The van der Waals surface area contributed by atoms with Crippen molar-refractivity contribution in [2.24, 2.45) is 0 Å². The summed E-state index contributed by atoms with van der Waals surface area (Å²) in [4.78, 5) is 38.5. The summed E-state index contributed by atoms with van der Waals surface area (Å²) in [5, 5.41) is 2.69. The van der Waals surface area contributed by atoms with Crippen molar-refractivity contribution in [3.63, 3.8) is 0 Å². The van der Waals surface area contributed by atoms with Gasteiger partial charge in [0.05, 0.1) is 4.91 Å². The van der Waals surface area contributed by atoms with Crippen molar-refractivity contribution in [1.29, 1.82) is 0 Å². The lowest BCUT2D eigenvalue weighted by Gasteiger charge is -2.12. The quantitative estimate of drug-likeness (QED) is 0.466. The zero-order valence-corrected chi connectivity index (χ0v) is 18.2. The van der Waals surface area contributed by atoms with Gasteiger partial charge in [-0.15, -0.1) is 0 Å². The molecule has 32 heavy (non-hydrogen) atoms. The van der Waals surface area contributed by atoms with E-state index in [9.17, 15) is 14.4 Å². The first-order valence-electron chi connectivity index (χ1n) is 9.62. The third-order valence-corrected chi connectivity index (χ3v) is 5.60. The average Bonchev–Trinajstić information content (AvgIpc) is 3.03. The average molecular weight is 465 g/mol. The van der Waals surface area contributed by atoms with Gasteiger partial charge in [-0.05, 0) is 71.9 Å². The second-order valence-corrected chi connectivity index (χ2v) is 8.24. The molecule has 6 nitrogen and oxygen atoms in total. The van der Waals surface area contributed by atoms with Crippen LogP contribution in [0.2, 0.25) is 5.02 Å². The van der Waals surface area contributed by atoms with E-state index in [0.717, 1.165) is 16.7 Å². The smallest absolute Gasteiger partial charge is 0.294 e. The highest BCUT2D eigenvalue weighted by Crippen LogP contribution is 2.33. The van der Waals surface area contributed by atoms with Crippen LogP contribution in [-0.4, -0.2) is 28.5 Å². The molecule has 0 atom stereocenters. The Balaban J connectivity index is 1.43. The third-order valence-electron chi connectivity index (χ3n) is 4.44. The fourth-order valence-corrected chi connectivity index (χ4v) is 3.92. The third kappa shape index (κ3) is 5.38. The van der Waals surface area contributed by atoms with E-state index >= 15 is 0 Å². The Bertz CT molecular complexity index is 1200. The molecule has 3 amide bonds. The summed E-state index contributed by atoms with van der Waals surface area (Å²) in [5.74, 6) is 0.304. The molecule has 0 radical (unpaired) electrons. The molecule has 1 aliphatic rings. The molecule has 3 aromatic carbocycles. The van der Waals surface area contributed by atoms with Crippen LogP contribution in [0.5, 0.6) is 11.5 Å². The minimum atomic E-state index is -0.513. The molecule has 8 heteroatoms. The number of ether oxygens (including phenoxy) is 1. The van der Waals surface area contributed by atoms with Crippen LogP contribution in [0.1, 0.15) is 5.56 Å². The zero-order chi connectivity index (χ0) is 22.5. The number of para-hydroxylation sites is 1. The van der Waals surface area contributed by atoms with E-state index in [2.05, 4.69) is 5.32 Å². The highest BCUT2D eigenvalue weighted by molar-refractivity contribution is 8.18. The molecule has 1 aliphatic heterocycles. The maximum atomic E-state index is 12.7. The summed E-state index contributed by atoms with van der Waals surface area (Å²) in [6.45, 7) is -0.373. The number of imide groups is 1. The van der Waals surface area contributed by atoms with Gasteiger partial charge in [0.2, 0.25) is 5.91 Å². The Morgan fingerprint density at radius 3 is 2.44 bits per heavy atom. The van der Waals surface area contributed by atoms with Crippen molar-refractivity contribution < 1.29 is 19.1 Å². The van der Waals surface area contributed by atoms with E-state index in [1.807, 2.05) is 30.3 Å². The number of hydrogen-bond donors (Lipinski definition) is 1. The van der Waals surface area contributed by atoms with Crippen LogP contribution < -0.4 is 10.1 Å². The second kappa shape index (κ2) is 9.72. The molecule has 0 saturated carbocycles. The first-order valence-corrected chi connectivity index (χ1v) is 10.8. The Labute approximate surface area is 193 Å². The molecule has 160 valence electrons. The Kier molecular flexibility index (Phi) is 6.58. The highest BCUT2D eigenvalue weighted by Gasteiger charge is 2.36. The number of carbonyl (C=O) groups is 3. The number of carbonyl (C=O) groups excluding carboxylic acids is 3. The van der Waals surface area contributed by atoms with Gasteiger partial charge in [0, 0.05) is 10.7 Å². The Hall–Kier alpha value is -3.55. The highest BCUT2D eigenvalue weighted by atomic mass is 35.5. The number of nitrogens with zero attached hydrogens (tertiary/aromatic N) is 1. The SMILES string of the molecule is O=C(CN1C(=O)S/C(=C\c2cccc(Oc3ccccc3)c2)C1=O)Nc1ccc(Cl)cc1. The van der Waals surface area contributed by atoms with E-state index in [4.69, 9.17) is 16.3 Å². The number of anilines is 1. The molecule has 0 aromatic heterocycles. The van der Waals surface area contributed by atoms with Crippen LogP contribution in [0.25, 0.3) is 6.08 Å². The van der Waals surface area contributed by atoms with Crippen molar-refractivity contribution in [2.75, 3.05) is 11.9 Å². The molecule has 0 unspecified atom stereocenters. The van der Waals surface area contributed by atoms with E-state index < -0.39 is 17.1 Å². The van der Waals surface area contributed by atoms with Gasteiger partial charge in [-0.1, -0.05) is 41.9 Å². The lowest BCUT2D eigenvalue weighted by Crippen LogP contribution is -2.36. The van der Waals surface area contributed by atoms with Crippen molar-refractivity contribution in [1.82, 2.24) is 4.90 Å². The number of hydrogen-bond acceptors (Lipinski definition) is 5. The summed E-state index contributed by atoms with van der Waals surface area (Å²) in [6.07, 6.45) is 1.61. The molecule has 0 spiro atoms. The van der Waals surface area contributed by atoms with Gasteiger partial charge in [-0.25, -0.2) is 0 Å². The van der Waals surface area contributed by atoms with Crippen LogP contribution in [0.3, 0.4) is 0 Å². The standard InChI is InChI=1S/C24H17ClN2O4S/c25-17-9-11-18(12-10-17)26-22(28)15-27-23(29)21(32-24(27)30)14-16-5-4-8-20(13-16)31-19-6-2-1-3-7-19/h1-14H,15H2,(H,26,28)/b21-14-. The second-order valence-electron chi connectivity index (χ2n) is 6.81. The number of amides is 3. The van der Waals surface area contributed by atoms with Crippen LogP contribution in [0.15, 0.2) is 83.8 Å². The van der Waals surface area contributed by atoms with Crippen LogP contribution in [0, 0.1) is 0 Å². The molecule has 4 rings (SSSR count). The zero-order valence-electron chi connectivity index (χ0n) is 16.7. The van der Waals surface area contributed by atoms with Crippen LogP contribution >= 0.6 is 23.4 Å². The monoisotopic (exact) mass is 464 g/mol. The van der Waals surface area contributed by atoms with E-state index in [1.54, 1.807) is 54.6 Å². The normalized spacial score (nSPS) is 14.7. The minimum absolute atomic E-state index is 0.242. The summed E-state index contributed by atoms with van der Waals surface area (Å²) < 4.78 is 5.81. The van der Waals surface area contributed by atoms with E-state index in [-0.39, 0.29) is 11.4 Å². The van der Waals surface area contributed by atoms with Gasteiger partial charge in [-0.3, -0.25) is 19.3 Å². The molecule has 0 aliphatic carbocycles. The van der Waals surface area contributed by atoms with Crippen molar-refractivity contribution in [2.45, 2.75) is 0 Å². The molecule has 3 aromatic rings. The summed E-state index contributed by atoms with van der Waals surface area (Å²) >= 11 is 6.63. The van der Waals surface area contributed by atoms with Crippen molar-refractivity contribution in [3.8, 4) is 11.5 Å². The molecular formula is C24H17ClN2O4S. The van der Waals surface area contributed by atoms with Gasteiger partial charge >= 0.3 is 0 Å². The maximum Gasteiger partial charge on any atom is 0.294 e. The largest absolute Gasteiger partial charge is 0.457 e. The van der Waals surface area contributed by atoms with Crippen LogP contribution in [0.4, 0.5) is 10.5 Å². The van der Waals surface area contributed by atoms with Crippen molar-refractivity contribution >= 4 is 52.2 Å². The van der Waals surface area contributed by atoms with Crippen LogP contribution in [-0.2, 0) is 9.59 Å². The predicted octanol–water partition coefficient (Wildman–Crippen LogP) is 5.81. The number of nitrogens with one attached hydrogen (secondary N) is 1.